The number of hydrogen-bond acceptors (Lipinski definition) is 3. The molecule has 1 N–H and O–H groups in total. The van der Waals surface area contributed by atoms with Gasteiger partial charge in [0.2, 0.25) is 0 Å². The van der Waals surface area contributed by atoms with Crippen LogP contribution in [0.25, 0.3) is 10.6 Å². The van der Waals surface area contributed by atoms with Crippen LogP contribution >= 0.6 is 11.3 Å². The Bertz CT molecular complexity index is 840. The topological polar surface area (TPSA) is 42.0 Å². The molecule has 0 saturated carbocycles. The number of aromatic nitrogens is 1. The maximum atomic E-state index is 12.3. The summed E-state index contributed by atoms with van der Waals surface area (Å²) in [6.45, 7) is 4.54. The van der Waals surface area contributed by atoms with Crippen LogP contribution in [0.1, 0.15) is 27.2 Å². The molecule has 0 aliphatic carbocycles. The van der Waals surface area contributed by atoms with Gasteiger partial charge in [-0.15, -0.1) is 11.3 Å². The first-order valence-corrected chi connectivity index (χ1v) is 8.87. The Morgan fingerprint density at radius 1 is 1.12 bits per heavy atom. The van der Waals surface area contributed by atoms with E-state index in [-0.39, 0.29) is 5.91 Å². The van der Waals surface area contributed by atoms with Gasteiger partial charge in [0, 0.05) is 29.5 Å². The Kier molecular flexibility index (Phi) is 5.06. The second-order valence-electron chi connectivity index (χ2n) is 5.83. The van der Waals surface area contributed by atoms with Crippen molar-refractivity contribution in [3.8, 4) is 10.6 Å². The van der Waals surface area contributed by atoms with E-state index in [0.717, 1.165) is 39.4 Å². The van der Waals surface area contributed by atoms with E-state index in [1.54, 1.807) is 11.3 Å². The first-order valence-electron chi connectivity index (χ1n) is 7.99. The third-order valence-corrected chi connectivity index (χ3v) is 4.82. The standard InChI is InChI=1S/C20H20N2OS/c1-14-8-9-15(2)18(12-14)19(23)21-11-10-17-13-24-20(22-17)16-6-4-3-5-7-16/h3-9,12-13H,10-11H2,1-2H3,(H,21,23). The highest BCUT2D eigenvalue weighted by atomic mass is 32.1. The summed E-state index contributed by atoms with van der Waals surface area (Å²) < 4.78 is 0. The first-order chi connectivity index (χ1) is 11.6. The molecule has 0 unspecified atom stereocenters. The van der Waals surface area contributed by atoms with Gasteiger partial charge in [-0.3, -0.25) is 4.79 Å². The second kappa shape index (κ2) is 7.41. The summed E-state index contributed by atoms with van der Waals surface area (Å²) in [6, 6.07) is 16.1. The summed E-state index contributed by atoms with van der Waals surface area (Å²) in [7, 11) is 0. The number of nitrogens with one attached hydrogen (secondary N) is 1. The molecular formula is C20H20N2OS. The molecule has 4 heteroatoms. The molecule has 122 valence electrons. The molecule has 0 atom stereocenters. The number of amides is 1. The van der Waals surface area contributed by atoms with Gasteiger partial charge in [0.15, 0.2) is 0 Å². The Morgan fingerprint density at radius 2 is 1.92 bits per heavy atom. The van der Waals surface area contributed by atoms with Gasteiger partial charge in [0.25, 0.3) is 5.91 Å². The quantitative estimate of drug-likeness (QED) is 0.750. The zero-order valence-electron chi connectivity index (χ0n) is 13.9. The number of carbonyl (C=O) groups excluding carboxylic acids is 1. The molecule has 0 spiro atoms. The van der Waals surface area contributed by atoms with Crippen LogP contribution in [0.5, 0.6) is 0 Å². The number of hydrogen-bond donors (Lipinski definition) is 1. The van der Waals surface area contributed by atoms with E-state index < -0.39 is 0 Å². The summed E-state index contributed by atoms with van der Waals surface area (Å²) in [5.74, 6) is -0.0188. The third kappa shape index (κ3) is 3.89. The highest BCUT2D eigenvalue weighted by Crippen LogP contribution is 2.23. The zero-order chi connectivity index (χ0) is 16.9. The van der Waals surface area contributed by atoms with Crippen LogP contribution in [0, 0.1) is 13.8 Å². The fourth-order valence-corrected chi connectivity index (χ4v) is 3.38. The van der Waals surface area contributed by atoms with Crippen molar-refractivity contribution in [2.75, 3.05) is 6.54 Å². The predicted molar refractivity (Wildman–Crippen MR) is 99.5 cm³/mol. The van der Waals surface area contributed by atoms with Crippen molar-refractivity contribution < 1.29 is 4.79 Å². The SMILES string of the molecule is Cc1ccc(C)c(C(=O)NCCc2csc(-c3ccccc3)n2)c1. The van der Waals surface area contributed by atoms with Gasteiger partial charge in [-0.2, -0.15) is 0 Å². The van der Waals surface area contributed by atoms with Crippen LogP contribution in [-0.2, 0) is 6.42 Å². The molecule has 1 amide bonds. The third-order valence-electron chi connectivity index (χ3n) is 3.88. The molecule has 24 heavy (non-hydrogen) atoms. The van der Waals surface area contributed by atoms with Crippen LogP contribution in [0.3, 0.4) is 0 Å². The van der Waals surface area contributed by atoms with Crippen LogP contribution < -0.4 is 5.32 Å². The molecule has 3 nitrogen and oxygen atoms in total. The Balaban J connectivity index is 1.58. The summed E-state index contributed by atoms with van der Waals surface area (Å²) in [4.78, 5) is 17.0. The van der Waals surface area contributed by atoms with E-state index in [1.165, 1.54) is 0 Å². The normalized spacial score (nSPS) is 10.6. The zero-order valence-corrected chi connectivity index (χ0v) is 14.7. The molecule has 0 aliphatic rings. The van der Waals surface area contributed by atoms with Gasteiger partial charge in [-0.05, 0) is 25.5 Å². The van der Waals surface area contributed by atoms with Gasteiger partial charge in [-0.25, -0.2) is 4.98 Å². The number of aryl methyl sites for hydroxylation is 2. The summed E-state index contributed by atoms with van der Waals surface area (Å²) >= 11 is 1.64. The van der Waals surface area contributed by atoms with Gasteiger partial charge in [0.05, 0.1) is 5.69 Å². The molecular weight excluding hydrogens is 316 g/mol. The van der Waals surface area contributed by atoms with Crippen molar-refractivity contribution in [2.45, 2.75) is 20.3 Å². The van der Waals surface area contributed by atoms with Gasteiger partial charge in [0.1, 0.15) is 5.01 Å². The first kappa shape index (κ1) is 16.4. The van der Waals surface area contributed by atoms with Crippen LogP contribution in [0.15, 0.2) is 53.9 Å². The number of thiazole rings is 1. The molecule has 1 heterocycles. The molecule has 3 rings (SSSR count). The highest BCUT2D eigenvalue weighted by Gasteiger charge is 2.09. The molecule has 0 bridgehead atoms. The molecule has 0 fully saturated rings. The lowest BCUT2D eigenvalue weighted by molar-refractivity contribution is 0.0953. The summed E-state index contributed by atoms with van der Waals surface area (Å²) in [5, 5.41) is 6.07. The average Bonchev–Trinajstić information content (AvgIpc) is 3.06. The second-order valence-corrected chi connectivity index (χ2v) is 6.69. The monoisotopic (exact) mass is 336 g/mol. The van der Waals surface area contributed by atoms with Gasteiger partial charge >= 0.3 is 0 Å². The smallest absolute Gasteiger partial charge is 0.251 e. The molecule has 0 saturated heterocycles. The predicted octanol–water partition coefficient (Wildman–Crippen LogP) is 4.40. The number of benzene rings is 2. The van der Waals surface area contributed by atoms with Crippen LogP contribution in [0.4, 0.5) is 0 Å². The van der Waals surface area contributed by atoms with E-state index in [2.05, 4.69) is 27.8 Å². The van der Waals surface area contributed by atoms with E-state index in [9.17, 15) is 4.79 Å². The highest BCUT2D eigenvalue weighted by molar-refractivity contribution is 7.13. The molecule has 0 aliphatic heterocycles. The lowest BCUT2D eigenvalue weighted by atomic mass is 10.1. The van der Waals surface area contributed by atoms with Crippen molar-refractivity contribution in [1.82, 2.24) is 10.3 Å². The number of rotatable bonds is 5. The Hall–Kier alpha value is -2.46. The summed E-state index contributed by atoms with van der Waals surface area (Å²) in [6.07, 6.45) is 0.736. The maximum absolute atomic E-state index is 12.3. The fourth-order valence-electron chi connectivity index (χ4n) is 2.51. The van der Waals surface area contributed by atoms with Crippen molar-refractivity contribution in [3.63, 3.8) is 0 Å². The van der Waals surface area contributed by atoms with Crippen molar-refractivity contribution in [2.24, 2.45) is 0 Å². The number of nitrogens with zero attached hydrogens (tertiary/aromatic N) is 1. The van der Waals surface area contributed by atoms with Crippen molar-refractivity contribution in [3.05, 3.63) is 76.3 Å². The lowest BCUT2D eigenvalue weighted by Crippen LogP contribution is -2.26. The molecule has 1 aromatic heterocycles. The van der Waals surface area contributed by atoms with Crippen LogP contribution in [-0.4, -0.2) is 17.4 Å². The molecule has 3 aromatic rings. The van der Waals surface area contributed by atoms with Gasteiger partial charge in [-0.1, -0.05) is 48.0 Å². The largest absolute Gasteiger partial charge is 0.352 e. The van der Waals surface area contributed by atoms with E-state index >= 15 is 0 Å². The van der Waals surface area contributed by atoms with E-state index in [1.807, 2.05) is 50.2 Å². The lowest BCUT2D eigenvalue weighted by Gasteiger charge is -2.08. The number of carbonyl (C=O) groups is 1. The van der Waals surface area contributed by atoms with E-state index in [0.29, 0.717) is 6.54 Å². The van der Waals surface area contributed by atoms with Crippen LogP contribution in [0.2, 0.25) is 0 Å². The van der Waals surface area contributed by atoms with E-state index in [4.69, 9.17) is 0 Å². The average molecular weight is 336 g/mol. The molecule has 0 radical (unpaired) electrons. The molecule has 2 aromatic carbocycles. The maximum Gasteiger partial charge on any atom is 0.251 e. The summed E-state index contributed by atoms with van der Waals surface area (Å²) in [5.41, 5.74) is 4.99. The minimum atomic E-state index is -0.0188. The minimum Gasteiger partial charge on any atom is -0.352 e. The van der Waals surface area contributed by atoms with Crippen molar-refractivity contribution in [1.29, 1.82) is 0 Å². The minimum absolute atomic E-state index is 0.0188. The Morgan fingerprint density at radius 3 is 2.71 bits per heavy atom. The van der Waals surface area contributed by atoms with Gasteiger partial charge < -0.3 is 5.32 Å². The van der Waals surface area contributed by atoms with Crippen molar-refractivity contribution >= 4 is 17.2 Å². The Labute approximate surface area is 146 Å². The fraction of sp³-hybridized carbons (Fsp3) is 0.200.